The number of rotatable bonds is 9. The number of morpholine rings is 2. The summed E-state index contributed by atoms with van der Waals surface area (Å²) in [6, 6.07) is 18.9. The molecule has 0 radical (unpaired) electrons. The number of carbonyl (C=O) groups is 1. The van der Waals surface area contributed by atoms with Crippen LogP contribution in [0.4, 0.5) is 0 Å². The molecule has 8 heteroatoms. The fourth-order valence-corrected chi connectivity index (χ4v) is 4.45. The molecule has 1 N–H and O–H groups in total. The van der Waals surface area contributed by atoms with Gasteiger partial charge in [-0.3, -0.25) is 14.6 Å². The maximum atomic E-state index is 12.4. The molecule has 2 aromatic rings. The van der Waals surface area contributed by atoms with E-state index in [-0.39, 0.29) is 18.1 Å². The standard InChI is InChI=1S/C26H29N5O3/c27-13-21-3-1-20(2-4-21)9-11-30-15-24-17-31(18-25(16-30)34-24)19-26(32)29-10-12-33-23-7-5-22(14-28)6-8-23/h1-8,24-25H,9-12,15-19H2,(H,29,32). The van der Waals surface area contributed by atoms with Crippen molar-refractivity contribution in [3.63, 3.8) is 0 Å². The second-order valence-corrected chi connectivity index (χ2v) is 8.73. The number of nitriles is 2. The lowest BCUT2D eigenvalue weighted by molar-refractivity contribution is -0.144. The van der Waals surface area contributed by atoms with Crippen LogP contribution in [0.5, 0.6) is 5.75 Å². The van der Waals surface area contributed by atoms with Crippen LogP contribution in [0, 0.1) is 22.7 Å². The van der Waals surface area contributed by atoms with E-state index in [0.29, 0.717) is 36.6 Å². The molecule has 0 saturated carbocycles. The maximum absolute atomic E-state index is 12.4. The van der Waals surface area contributed by atoms with Crippen LogP contribution in [0.1, 0.15) is 16.7 Å². The van der Waals surface area contributed by atoms with Gasteiger partial charge in [0.15, 0.2) is 0 Å². The van der Waals surface area contributed by atoms with Crippen molar-refractivity contribution in [2.24, 2.45) is 0 Å². The number of ether oxygens (including phenoxy) is 2. The first-order valence-electron chi connectivity index (χ1n) is 11.6. The van der Waals surface area contributed by atoms with Gasteiger partial charge < -0.3 is 14.8 Å². The van der Waals surface area contributed by atoms with Crippen LogP contribution in [-0.4, -0.2) is 80.3 Å². The van der Waals surface area contributed by atoms with Crippen molar-refractivity contribution in [2.45, 2.75) is 18.6 Å². The molecule has 2 bridgehead atoms. The molecule has 2 fully saturated rings. The van der Waals surface area contributed by atoms with Crippen molar-refractivity contribution < 1.29 is 14.3 Å². The number of hydrogen-bond donors (Lipinski definition) is 1. The molecule has 0 spiro atoms. The summed E-state index contributed by atoms with van der Waals surface area (Å²) in [6.45, 7) is 5.35. The molecule has 8 nitrogen and oxygen atoms in total. The number of fused-ring (bicyclic) bond motifs is 2. The number of hydrogen-bond acceptors (Lipinski definition) is 7. The highest BCUT2D eigenvalue weighted by molar-refractivity contribution is 5.78. The van der Waals surface area contributed by atoms with Gasteiger partial charge in [-0.15, -0.1) is 0 Å². The van der Waals surface area contributed by atoms with Crippen molar-refractivity contribution in [3.8, 4) is 17.9 Å². The fraction of sp³-hybridized carbons (Fsp3) is 0.423. The smallest absolute Gasteiger partial charge is 0.234 e. The minimum absolute atomic E-state index is 0.0129. The van der Waals surface area contributed by atoms with Gasteiger partial charge in [0.05, 0.1) is 48.6 Å². The average Bonchev–Trinajstić information content (AvgIpc) is 2.85. The van der Waals surface area contributed by atoms with E-state index >= 15 is 0 Å². The first kappa shape index (κ1) is 23.7. The van der Waals surface area contributed by atoms with Crippen LogP contribution in [-0.2, 0) is 16.0 Å². The molecular formula is C26H29N5O3. The Morgan fingerprint density at radius 2 is 1.53 bits per heavy atom. The largest absolute Gasteiger partial charge is 0.492 e. The number of amides is 1. The summed E-state index contributed by atoms with van der Waals surface area (Å²) >= 11 is 0. The van der Waals surface area contributed by atoms with Crippen LogP contribution in [0.3, 0.4) is 0 Å². The summed E-state index contributed by atoms with van der Waals surface area (Å²) in [6.07, 6.45) is 1.17. The van der Waals surface area contributed by atoms with Crippen LogP contribution in [0.15, 0.2) is 48.5 Å². The molecule has 0 aliphatic carbocycles. The molecule has 34 heavy (non-hydrogen) atoms. The van der Waals surface area contributed by atoms with Crippen molar-refractivity contribution in [1.29, 1.82) is 10.5 Å². The highest BCUT2D eigenvalue weighted by atomic mass is 16.5. The number of nitrogens with zero attached hydrogens (tertiary/aromatic N) is 4. The van der Waals surface area contributed by atoms with Gasteiger partial charge in [-0.1, -0.05) is 12.1 Å². The lowest BCUT2D eigenvalue weighted by Gasteiger charge is -2.45. The summed E-state index contributed by atoms with van der Waals surface area (Å²) in [7, 11) is 0. The number of carbonyl (C=O) groups excluding carboxylic acids is 1. The third-order valence-electron chi connectivity index (χ3n) is 6.08. The van der Waals surface area contributed by atoms with Crippen molar-refractivity contribution in [2.75, 3.05) is 52.4 Å². The molecule has 176 valence electrons. The highest BCUT2D eigenvalue weighted by Crippen LogP contribution is 2.19. The zero-order valence-corrected chi connectivity index (χ0v) is 19.2. The molecular weight excluding hydrogens is 430 g/mol. The Hall–Kier alpha value is -3.43. The predicted octanol–water partition coefficient (Wildman–Crippen LogP) is 1.55. The SMILES string of the molecule is N#Cc1ccc(CCN2CC3CN(CC(=O)NCCOc4ccc(C#N)cc4)CC(C2)O3)cc1. The zero-order valence-electron chi connectivity index (χ0n) is 19.2. The summed E-state index contributed by atoms with van der Waals surface area (Å²) in [4.78, 5) is 17.0. The minimum Gasteiger partial charge on any atom is -0.492 e. The van der Waals surface area contributed by atoms with Crippen molar-refractivity contribution in [1.82, 2.24) is 15.1 Å². The van der Waals surface area contributed by atoms with Crippen LogP contribution in [0.2, 0.25) is 0 Å². The van der Waals surface area contributed by atoms with Gasteiger partial charge in [-0.2, -0.15) is 10.5 Å². The average molecular weight is 460 g/mol. The fourth-order valence-electron chi connectivity index (χ4n) is 4.45. The van der Waals surface area contributed by atoms with Gasteiger partial charge in [-0.25, -0.2) is 0 Å². The molecule has 2 aliphatic rings. The van der Waals surface area contributed by atoms with Gasteiger partial charge in [0.25, 0.3) is 0 Å². The second-order valence-electron chi connectivity index (χ2n) is 8.73. The van der Waals surface area contributed by atoms with Crippen molar-refractivity contribution >= 4 is 5.91 Å². The monoisotopic (exact) mass is 459 g/mol. The molecule has 4 rings (SSSR count). The van der Waals surface area contributed by atoms with Crippen molar-refractivity contribution in [3.05, 3.63) is 65.2 Å². The topological polar surface area (TPSA) is 102 Å². The van der Waals surface area contributed by atoms with E-state index in [1.807, 2.05) is 24.3 Å². The van der Waals surface area contributed by atoms with Crippen LogP contribution < -0.4 is 10.1 Å². The third-order valence-corrected chi connectivity index (χ3v) is 6.08. The molecule has 2 heterocycles. The molecule has 1 amide bonds. The van der Waals surface area contributed by atoms with E-state index in [4.69, 9.17) is 20.0 Å². The molecule has 2 atom stereocenters. The lowest BCUT2D eigenvalue weighted by atomic mass is 10.1. The van der Waals surface area contributed by atoms with E-state index in [1.165, 1.54) is 5.56 Å². The van der Waals surface area contributed by atoms with E-state index in [9.17, 15) is 4.79 Å². The first-order valence-corrected chi connectivity index (χ1v) is 11.6. The van der Waals surface area contributed by atoms with E-state index in [1.54, 1.807) is 24.3 Å². The Balaban J connectivity index is 1.13. The Bertz CT molecular complexity index is 1030. The maximum Gasteiger partial charge on any atom is 0.234 e. The lowest BCUT2D eigenvalue weighted by Crippen LogP contribution is -2.60. The van der Waals surface area contributed by atoms with Gasteiger partial charge in [0, 0.05) is 32.7 Å². The summed E-state index contributed by atoms with van der Waals surface area (Å²) in [5.41, 5.74) is 2.51. The molecule has 2 aromatic carbocycles. The van der Waals surface area contributed by atoms with E-state index < -0.39 is 0 Å². The molecule has 2 aliphatic heterocycles. The summed E-state index contributed by atoms with van der Waals surface area (Å²) in [5.74, 6) is 0.666. The molecule has 0 aromatic heterocycles. The molecule has 2 saturated heterocycles. The van der Waals surface area contributed by atoms with Crippen LogP contribution >= 0.6 is 0 Å². The van der Waals surface area contributed by atoms with Gasteiger partial charge in [0.1, 0.15) is 12.4 Å². The highest BCUT2D eigenvalue weighted by Gasteiger charge is 2.35. The van der Waals surface area contributed by atoms with Gasteiger partial charge in [0.2, 0.25) is 5.91 Å². The quantitative estimate of drug-likeness (QED) is 0.568. The zero-order chi connectivity index (χ0) is 23.8. The van der Waals surface area contributed by atoms with Gasteiger partial charge in [-0.05, 0) is 48.4 Å². The Morgan fingerprint density at radius 3 is 2.15 bits per heavy atom. The summed E-state index contributed by atoms with van der Waals surface area (Å²) < 4.78 is 11.7. The Morgan fingerprint density at radius 1 is 0.941 bits per heavy atom. The third kappa shape index (κ3) is 6.79. The normalized spacial score (nSPS) is 20.2. The minimum atomic E-state index is -0.0129. The van der Waals surface area contributed by atoms with Crippen LogP contribution in [0.25, 0.3) is 0 Å². The second kappa shape index (κ2) is 11.6. The Kier molecular flexibility index (Phi) is 8.11. The molecule has 2 unspecified atom stereocenters. The predicted molar refractivity (Wildman–Crippen MR) is 126 cm³/mol. The first-order chi connectivity index (χ1) is 16.6. The van der Waals surface area contributed by atoms with Gasteiger partial charge >= 0.3 is 0 Å². The number of nitrogens with one attached hydrogen (secondary N) is 1. The Labute approximate surface area is 200 Å². The number of benzene rings is 2. The summed E-state index contributed by atoms with van der Waals surface area (Å²) in [5, 5.41) is 20.7. The van der Waals surface area contributed by atoms with E-state index in [0.717, 1.165) is 39.1 Å². The van der Waals surface area contributed by atoms with E-state index in [2.05, 4.69) is 27.3 Å².